The highest BCUT2D eigenvalue weighted by molar-refractivity contribution is 7.08. The summed E-state index contributed by atoms with van der Waals surface area (Å²) >= 11 is 1.57. The lowest BCUT2D eigenvalue weighted by Crippen LogP contribution is -2.48. The van der Waals surface area contributed by atoms with Gasteiger partial charge in [0.15, 0.2) is 0 Å². The molecule has 152 valence electrons. The zero-order valence-corrected chi connectivity index (χ0v) is 16.8. The second kappa shape index (κ2) is 7.49. The Kier molecular flexibility index (Phi) is 4.66. The smallest absolute Gasteiger partial charge is 0.261 e. The number of imide groups is 1. The van der Waals surface area contributed by atoms with Gasteiger partial charge in [0.25, 0.3) is 11.8 Å². The van der Waals surface area contributed by atoms with Crippen molar-refractivity contribution < 1.29 is 18.9 Å². The number of likely N-dealkylation sites (tertiary alicyclic amines) is 1. The summed E-state index contributed by atoms with van der Waals surface area (Å²) in [4.78, 5) is 44.5. The Labute approximate surface area is 176 Å². The minimum absolute atomic E-state index is 0.000400. The fourth-order valence-corrected chi connectivity index (χ4v) is 4.37. The summed E-state index contributed by atoms with van der Waals surface area (Å²) in [6.07, 6.45) is 0.721. The molecule has 0 bridgehead atoms. The van der Waals surface area contributed by atoms with Crippen LogP contribution in [0, 0.1) is 0 Å². The number of nitrogens with zero attached hydrogens (tertiary/aromatic N) is 4. The highest BCUT2D eigenvalue weighted by atomic mass is 32.1. The Bertz CT molecular complexity index is 1080. The van der Waals surface area contributed by atoms with Crippen molar-refractivity contribution in [2.24, 2.45) is 0 Å². The zero-order valence-electron chi connectivity index (χ0n) is 16.0. The van der Waals surface area contributed by atoms with Gasteiger partial charge in [0.2, 0.25) is 17.6 Å². The van der Waals surface area contributed by atoms with E-state index in [1.807, 2.05) is 16.8 Å². The average molecular weight is 422 g/mol. The number of thiophene rings is 1. The second-order valence-electron chi connectivity index (χ2n) is 7.37. The Morgan fingerprint density at radius 3 is 2.53 bits per heavy atom. The Morgan fingerprint density at radius 2 is 1.87 bits per heavy atom. The minimum atomic E-state index is -0.287. The van der Waals surface area contributed by atoms with Gasteiger partial charge in [-0.05, 0) is 30.0 Å². The van der Waals surface area contributed by atoms with Gasteiger partial charge in [-0.15, -0.1) is 0 Å². The molecule has 0 radical (unpaired) electrons. The van der Waals surface area contributed by atoms with E-state index in [1.54, 1.807) is 40.5 Å². The molecule has 30 heavy (non-hydrogen) atoms. The van der Waals surface area contributed by atoms with Crippen LogP contribution in [-0.2, 0) is 4.79 Å². The first-order chi connectivity index (χ1) is 14.6. The number of carbonyl (C=O) groups excluding carboxylic acids is 3. The van der Waals surface area contributed by atoms with Crippen LogP contribution in [0.1, 0.15) is 45.4 Å². The summed E-state index contributed by atoms with van der Waals surface area (Å²) in [5, 5.41) is 7.92. The van der Waals surface area contributed by atoms with Crippen molar-refractivity contribution in [3.63, 3.8) is 0 Å². The van der Waals surface area contributed by atoms with Gasteiger partial charge in [-0.3, -0.25) is 19.3 Å². The molecule has 8 nitrogen and oxygen atoms in total. The van der Waals surface area contributed by atoms with E-state index in [0.29, 0.717) is 42.4 Å². The van der Waals surface area contributed by atoms with Gasteiger partial charge >= 0.3 is 0 Å². The van der Waals surface area contributed by atoms with Crippen molar-refractivity contribution in [3.05, 3.63) is 58.1 Å². The van der Waals surface area contributed by atoms with Gasteiger partial charge in [0.1, 0.15) is 0 Å². The monoisotopic (exact) mass is 422 g/mol. The Balaban J connectivity index is 1.10. The van der Waals surface area contributed by atoms with E-state index in [2.05, 4.69) is 10.1 Å². The molecular formula is C21H18N4O4S. The van der Waals surface area contributed by atoms with Crippen LogP contribution >= 0.6 is 11.3 Å². The summed E-state index contributed by atoms with van der Waals surface area (Å²) in [5.41, 5.74) is 1.79. The van der Waals surface area contributed by atoms with E-state index in [0.717, 1.165) is 5.56 Å². The summed E-state index contributed by atoms with van der Waals surface area (Å²) in [5.74, 6) is 0.587. The first kappa shape index (κ1) is 18.7. The van der Waals surface area contributed by atoms with E-state index in [4.69, 9.17) is 4.52 Å². The molecule has 0 unspecified atom stereocenters. The van der Waals surface area contributed by atoms with Crippen LogP contribution in [0.5, 0.6) is 0 Å². The van der Waals surface area contributed by atoms with Gasteiger partial charge in [0.05, 0.1) is 17.0 Å². The molecule has 0 saturated carbocycles. The summed E-state index contributed by atoms with van der Waals surface area (Å²) in [6, 6.07) is 8.73. The molecule has 0 spiro atoms. The third-order valence-corrected chi connectivity index (χ3v) is 6.14. The van der Waals surface area contributed by atoms with E-state index < -0.39 is 0 Å². The molecule has 1 saturated heterocycles. The maximum Gasteiger partial charge on any atom is 0.261 e. The standard InChI is InChI=1S/C21H18N4O4S/c26-17(6-3-8-25-20(27)15-4-1-2-5-16(15)21(25)28)24-10-14(11-24)19-22-18(23-29-19)13-7-9-30-12-13/h1-2,4-5,7,9,12,14H,3,6,8,10-11H2. The van der Waals surface area contributed by atoms with E-state index in [1.165, 1.54) is 4.90 Å². The summed E-state index contributed by atoms with van der Waals surface area (Å²) in [6.45, 7) is 1.32. The van der Waals surface area contributed by atoms with Crippen molar-refractivity contribution in [2.45, 2.75) is 18.8 Å². The van der Waals surface area contributed by atoms with E-state index in [-0.39, 0.29) is 36.6 Å². The minimum Gasteiger partial charge on any atom is -0.341 e. The van der Waals surface area contributed by atoms with Gasteiger partial charge in [-0.2, -0.15) is 16.3 Å². The fourth-order valence-electron chi connectivity index (χ4n) is 3.74. The fraction of sp³-hybridized carbons (Fsp3) is 0.286. The number of aromatic nitrogens is 2. The normalized spacial score (nSPS) is 16.1. The van der Waals surface area contributed by atoms with Crippen LogP contribution in [-0.4, -0.2) is 57.3 Å². The molecule has 0 atom stereocenters. The maximum absolute atomic E-state index is 12.4. The quantitative estimate of drug-likeness (QED) is 0.567. The van der Waals surface area contributed by atoms with Crippen LogP contribution < -0.4 is 0 Å². The zero-order chi connectivity index (χ0) is 20.7. The SMILES string of the molecule is O=C(CCCN1C(=O)c2ccccc2C1=O)N1CC(c2nc(-c3ccsc3)no2)C1. The van der Waals surface area contributed by atoms with Crippen molar-refractivity contribution in [1.29, 1.82) is 0 Å². The largest absolute Gasteiger partial charge is 0.341 e. The van der Waals surface area contributed by atoms with Gasteiger partial charge in [-0.1, -0.05) is 17.3 Å². The Hall–Kier alpha value is -3.33. The van der Waals surface area contributed by atoms with E-state index in [9.17, 15) is 14.4 Å². The number of benzene rings is 1. The first-order valence-electron chi connectivity index (χ1n) is 9.71. The average Bonchev–Trinajstić information content (AvgIpc) is 3.44. The predicted molar refractivity (Wildman–Crippen MR) is 108 cm³/mol. The van der Waals surface area contributed by atoms with Crippen LogP contribution in [0.3, 0.4) is 0 Å². The summed E-state index contributed by atoms with van der Waals surface area (Å²) < 4.78 is 5.35. The number of hydrogen-bond acceptors (Lipinski definition) is 7. The molecule has 1 aromatic carbocycles. The van der Waals surface area contributed by atoms with Crippen molar-refractivity contribution in [2.75, 3.05) is 19.6 Å². The molecule has 4 heterocycles. The third-order valence-electron chi connectivity index (χ3n) is 5.46. The number of amides is 3. The molecule has 9 heteroatoms. The third kappa shape index (κ3) is 3.21. The topological polar surface area (TPSA) is 96.6 Å². The van der Waals surface area contributed by atoms with E-state index >= 15 is 0 Å². The second-order valence-corrected chi connectivity index (χ2v) is 8.16. The van der Waals surface area contributed by atoms with Gasteiger partial charge in [0, 0.05) is 37.0 Å². The lowest BCUT2D eigenvalue weighted by Gasteiger charge is -2.37. The maximum atomic E-state index is 12.4. The predicted octanol–water partition coefficient (Wildman–Crippen LogP) is 2.80. The van der Waals surface area contributed by atoms with Gasteiger partial charge in [-0.25, -0.2) is 0 Å². The molecule has 3 amide bonds. The molecule has 2 aliphatic heterocycles. The van der Waals surface area contributed by atoms with Crippen LogP contribution in [0.4, 0.5) is 0 Å². The van der Waals surface area contributed by atoms with Crippen LogP contribution in [0.2, 0.25) is 0 Å². The molecule has 1 fully saturated rings. The molecule has 2 aliphatic rings. The van der Waals surface area contributed by atoms with Crippen molar-refractivity contribution in [3.8, 4) is 11.4 Å². The number of fused-ring (bicyclic) bond motifs is 1. The van der Waals surface area contributed by atoms with Crippen LogP contribution in [0.25, 0.3) is 11.4 Å². The first-order valence-corrected chi connectivity index (χ1v) is 10.7. The number of carbonyl (C=O) groups is 3. The van der Waals surface area contributed by atoms with Gasteiger partial charge < -0.3 is 9.42 Å². The molecule has 3 aromatic rings. The Morgan fingerprint density at radius 1 is 1.13 bits per heavy atom. The molecule has 2 aromatic heterocycles. The van der Waals surface area contributed by atoms with Crippen LogP contribution in [0.15, 0.2) is 45.6 Å². The number of rotatable bonds is 6. The molecule has 5 rings (SSSR count). The molecule has 0 aliphatic carbocycles. The highest BCUT2D eigenvalue weighted by Gasteiger charge is 2.37. The number of hydrogen-bond donors (Lipinski definition) is 0. The van der Waals surface area contributed by atoms with Crippen molar-refractivity contribution >= 4 is 29.1 Å². The highest BCUT2D eigenvalue weighted by Crippen LogP contribution is 2.29. The summed E-state index contributed by atoms with van der Waals surface area (Å²) in [7, 11) is 0. The molecule has 0 N–H and O–H groups in total. The van der Waals surface area contributed by atoms with Crippen molar-refractivity contribution in [1.82, 2.24) is 19.9 Å². The lowest BCUT2D eigenvalue weighted by molar-refractivity contribution is -0.136. The molecular weight excluding hydrogens is 404 g/mol. The lowest BCUT2D eigenvalue weighted by atomic mass is 9.99.